The number of nitrogens with zero attached hydrogens (tertiary/aromatic N) is 1. The van der Waals surface area contributed by atoms with Crippen molar-refractivity contribution in [1.29, 1.82) is 0 Å². The maximum Gasteiger partial charge on any atom is 0.262 e. The molecule has 28 heavy (non-hydrogen) atoms. The van der Waals surface area contributed by atoms with E-state index in [1.165, 1.54) is 29.8 Å². The van der Waals surface area contributed by atoms with Crippen molar-refractivity contribution in [2.45, 2.75) is 39.7 Å². The Morgan fingerprint density at radius 3 is 2.11 bits per heavy atom. The van der Waals surface area contributed by atoms with Crippen LogP contribution in [0, 0.1) is 11.7 Å². The van der Waals surface area contributed by atoms with Crippen molar-refractivity contribution >= 4 is 18.0 Å². The van der Waals surface area contributed by atoms with E-state index >= 15 is 0 Å². The van der Waals surface area contributed by atoms with Crippen LogP contribution in [0.4, 0.5) is 4.39 Å². The van der Waals surface area contributed by atoms with Crippen LogP contribution in [0.1, 0.15) is 55.1 Å². The number of amides is 2. The number of benzene rings is 2. The number of rotatable bonds is 7. The number of hydrogen-bond acceptors (Lipinski definition) is 3. The molecule has 5 nitrogen and oxygen atoms in total. The molecule has 0 spiro atoms. The molecule has 2 aromatic rings. The van der Waals surface area contributed by atoms with Crippen LogP contribution in [-0.4, -0.2) is 24.1 Å². The molecule has 0 bridgehead atoms. The topological polar surface area (TPSA) is 70.6 Å². The molecule has 0 saturated heterocycles. The van der Waals surface area contributed by atoms with E-state index < -0.39 is 23.7 Å². The minimum atomic E-state index is -0.766. The molecule has 0 aliphatic rings. The maximum atomic E-state index is 13.0. The van der Waals surface area contributed by atoms with Crippen LogP contribution in [0.25, 0.3) is 0 Å². The minimum absolute atomic E-state index is 0.148. The van der Waals surface area contributed by atoms with Crippen LogP contribution in [0.15, 0.2) is 53.6 Å². The van der Waals surface area contributed by atoms with Crippen LogP contribution in [0.5, 0.6) is 0 Å². The Balaban J connectivity index is 1.98. The SMILES string of the molecule is CC(C)c1ccc(C=NNC(=O)C(NC(=O)c2ccc(F)cc2)C(C)C)cc1. The zero-order chi connectivity index (χ0) is 20.7. The van der Waals surface area contributed by atoms with Crippen molar-refractivity contribution in [2.24, 2.45) is 11.0 Å². The smallest absolute Gasteiger partial charge is 0.262 e. The Bertz CT molecular complexity index is 828. The molecule has 2 rings (SSSR count). The third kappa shape index (κ3) is 6.01. The fourth-order valence-electron chi connectivity index (χ4n) is 2.57. The first-order chi connectivity index (χ1) is 13.3. The predicted octanol–water partition coefficient (Wildman–Crippen LogP) is 3.85. The first-order valence-corrected chi connectivity index (χ1v) is 9.27. The fourth-order valence-corrected chi connectivity index (χ4v) is 2.57. The Labute approximate surface area is 165 Å². The summed E-state index contributed by atoms with van der Waals surface area (Å²) in [4.78, 5) is 24.7. The van der Waals surface area contributed by atoms with Crippen LogP contribution >= 0.6 is 0 Å². The molecule has 0 aromatic heterocycles. The normalized spacial score (nSPS) is 12.4. The quantitative estimate of drug-likeness (QED) is 0.563. The number of nitrogens with one attached hydrogen (secondary N) is 2. The van der Waals surface area contributed by atoms with Gasteiger partial charge >= 0.3 is 0 Å². The maximum absolute atomic E-state index is 13.0. The van der Waals surface area contributed by atoms with Gasteiger partial charge < -0.3 is 5.32 Å². The lowest BCUT2D eigenvalue weighted by Crippen LogP contribution is -2.48. The summed E-state index contributed by atoms with van der Waals surface area (Å²) in [5.41, 5.74) is 4.85. The Morgan fingerprint density at radius 1 is 0.964 bits per heavy atom. The van der Waals surface area contributed by atoms with Gasteiger partial charge in [0.25, 0.3) is 11.8 Å². The number of hydrogen-bond donors (Lipinski definition) is 2. The molecule has 1 unspecified atom stereocenters. The molecule has 0 heterocycles. The second kappa shape index (κ2) is 9.78. The van der Waals surface area contributed by atoms with E-state index in [-0.39, 0.29) is 11.5 Å². The summed E-state index contributed by atoms with van der Waals surface area (Å²) < 4.78 is 13.0. The molecule has 0 fully saturated rings. The fraction of sp³-hybridized carbons (Fsp3) is 0.318. The van der Waals surface area contributed by atoms with Crippen LogP contribution in [0.3, 0.4) is 0 Å². The van der Waals surface area contributed by atoms with Crippen molar-refractivity contribution in [3.05, 3.63) is 71.0 Å². The average molecular weight is 383 g/mol. The standard InChI is InChI=1S/C22H26FN3O2/c1-14(2)17-7-5-16(6-8-17)13-24-26-22(28)20(15(3)4)25-21(27)18-9-11-19(23)12-10-18/h5-15,20H,1-4H3,(H,25,27)(H,26,28). The largest absolute Gasteiger partial charge is 0.340 e. The molecule has 0 radical (unpaired) electrons. The van der Waals surface area contributed by atoms with Gasteiger partial charge in [-0.2, -0.15) is 5.10 Å². The first-order valence-electron chi connectivity index (χ1n) is 9.27. The lowest BCUT2D eigenvalue weighted by atomic mass is 10.0. The Hall–Kier alpha value is -3.02. The highest BCUT2D eigenvalue weighted by molar-refractivity contribution is 5.97. The van der Waals surface area contributed by atoms with Crippen LogP contribution in [0.2, 0.25) is 0 Å². The number of carbonyl (C=O) groups is 2. The third-order valence-corrected chi connectivity index (χ3v) is 4.33. The molecule has 0 saturated carbocycles. The van der Waals surface area contributed by atoms with Gasteiger partial charge in [-0.25, -0.2) is 9.82 Å². The van der Waals surface area contributed by atoms with Gasteiger partial charge in [-0.3, -0.25) is 9.59 Å². The van der Waals surface area contributed by atoms with Gasteiger partial charge in [0.15, 0.2) is 0 Å². The molecule has 1 atom stereocenters. The molecule has 2 N–H and O–H groups in total. The van der Waals surface area contributed by atoms with E-state index in [2.05, 4.69) is 29.7 Å². The number of halogens is 1. The second-order valence-electron chi connectivity index (χ2n) is 7.26. The van der Waals surface area contributed by atoms with E-state index in [0.717, 1.165) is 5.56 Å². The predicted molar refractivity (Wildman–Crippen MR) is 109 cm³/mol. The van der Waals surface area contributed by atoms with Gasteiger partial charge in [0, 0.05) is 5.56 Å². The molecular weight excluding hydrogens is 357 g/mol. The monoisotopic (exact) mass is 383 g/mol. The van der Waals surface area contributed by atoms with Gasteiger partial charge in [0.1, 0.15) is 11.9 Å². The molecule has 0 aliphatic heterocycles. The highest BCUT2D eigenvalue weighted by Gasteiger charge is 2.24. The van der Waals surface area contributed by atoms with E-state index in [9.17, 15) is 14.0 Å². The Kier molecular flexibility index (Phi) is 7.44. The summed E-state index contributed by atoms with van der Waals surface area (Å²) in [5, 5.41) is 6.66. The van der Waals surface area contributed by atoms with Gasteiger partial charge in [0.05, 0.1) is 6.21 Å². The summed E-state index contributed by atoms with van der Waals surface area (Å²) in [6.45, 7) is 7.89. The molecule has 2 amide bonds. The van der Waals surface area contributed by atoms with Crippen molar-refractivity contribution in [1.82, 2.24) is 10.7 Å². The second-order valence-corrected chi connectivity index (χ2v) is 7.26. The van der Waals surface area contributed by atoms with E-state index in [1.807, 2.05) is 38.1 Å². The summed E-state index contributed by atoms with van der Waals surface area (Å²) in [6, 6.07) is 12.3. The summed E-state index contributed by atoms with van der Waals surface area (Å²) in [5.74, 6) is -0.986. The van der Waals surface area contributed by atoms with E-state index in [0.29, 0.717) is 5.92 Å². The number of hydrazone groups is 1. The Morgan fingerprint density at radius 2 is 1.57 bits per heavy atom. The molecule has 0 aliphatic carbocycles. The highest BCUT2D eigenvalue weighted by Crippen LogP contribution is 2.14. The lowest BCUT2D eigenvalue weighted by Gasteiger charge is -2.20. The zero-order valence-electron chi connectivity index (χ0n) is 16.6. The van der Waals surface area contributed by atoms with Crippen molar-refractivity contribution in [3.63, 3.8) is 0 Å². The lowest BCUT2D eigenvalue weighted by molar-refractivity contribution is -0.123. The van der Waals surface area contributed by atoms with Crippen LogP contribution < -0.4 is 10.7 Å². The molecule has 6 heteroatoms. The van der Waals surface area contributed by atoms with Crippen molar-refractivity contribution in [3.8, 4) is 0 Å². The van der Waals surface area contributed by atoms with E-state index in [4.69, 9.17) is 0 Å². The average Bonchev–Trinajstić information content (AvgIpc) is 2.66. The van der Waals surface area contributed by atoms with Crippen molar-refractivity contribution < 1.29 is 14.0 Å². The molecule has 148 valence electrons. The van der Waals surface area contributed by atoms with Gasteiger partial charge in [-0.1, -0.05) is 52.0 Å². The third-order valence-electron chi connectivity index (χ3n) is 4.33. The van der Waals surface area contributed by atoms with Gasteiger partial charge in [-0.05, 0) is 47.2 Å². The van der Waals surface area contributed by atoms with Gasteiger partial charge in [-0.15, -0.1) is 0 Å². The van der Waals surface area contributed by atoms with E-state index in [1.54, 1.807) is 6.21 Å². The molecular formula is C22H26FN3O2. The van der Waals surface area contributed by atoms with Crippen LogP contribution in [-0.2, 0) is 4.79 Å². The van der Waals surface area contributed by atoms with Crippen molar-refractivity contribution in [2.75, 3.05) is 0 Å². The summed E-state index contributed by atoms with van der Waals surface area (Å²) in [6.07, 6.45) is 1.56. The summed E-state index contributed by atoms with van der Waals surface area (Å²) in [7, 11) is 0. The highest BCUT2D eigenvalue weighted by atomic mass is 19.1. The first kappa shape index (κ1) is 21.3. The summed E-state index contributed by atoms with van der Waals surface area (Å²) >= 11 is 0. The molecule has 2 aromatic carbocycles. The van der Waals surface area contributed by atoms with Gasteiger partial charge in [0.2, 0.25) is 0 Å². The minimum Gasteiger partial charge on any atom is -0.340 e. The number of carbonyl (C=O) groups excluding carboxylic acids is 2. The zero-order valence-corrected chi connectivity index (χ0v) is 16.6.